The molecule has 0 unspecified atom stereocenters. The Morgan fingerprint density at radius 2 is 2.05 bits per heavy atom. The van der Waals surface area contributed by atoms with Crippen molar-refractivity contribution in [2.24, 2.45) is 0 Å². The Morgan fingerprint density at radius 1 is 1.19 bits per heavy atom. The zero-order valence-electron chi connectivity index (χ0n) is 11.6. The van der Waals surface area contributed by atoms with Gasteiger partial charge in [-0.25, -0.2) is 4.98 Å². The first-order valence-electron chi connectivity index (χ1n) is 7.06. The Bertz CT molecular complexity index is 714. The van der Waals surface area contributed by atoms with Gasteiger partial charge < -0.3 is 5.32 Å². The molecule has 1 amide bonds. The average molecular weight is 277 g/mol. The van der Waals surface area contributed by atoms with Crippen LogP contribution in [0.3, 0.4) is 0 Å². The molecular weight excluding hydrogens is 262 g/mol. The SMILES string of the molecule is N#Cc1ccc(NC(=O)c2cccc3c2CCCC3)nc1. The number of carbonyl (C=O) groups excluding carboxylic acids is 1. The van der Waals surface area contributed by atoms with Crippen molar-refractivity contribution < 1.29 is 4.79 Å². The van der Waals surface area contributed by atoms with Gasteiger partial charge >= 0.3 is 0 Å². The second kappa shape index (κ2) is 5.76. The van der Waals surface area contributed by atoms with Gasteiger partial charge in [0.05, 0.1) is 5.56 Å². The van der Waals surface area contributed by atoms with Gasteiger partial charge in [-0.2, -0.15) is 5.26 Å². The summed E-state index contributed by atoms with van der Waals surface area (Å²) in [4.78, 5) is 16.5. The van der Waals surface area contributed by atoms with Gasteiger partial charge in [0, 0.05) is 11.8 Å². The predicted molar refractivity (Wildman–Crippen MR) is 80.0 cm³/mol. The summed E-state index contributed by atoms with van der Waals surface area (Å²) in [5, 5.41) is 11.5. The van der Waals surface area contributed by atoms with Crippen LogP contribution in [-0.4, -0.2) is 10.9 Å². The average Bonchev–Trinajstić information content (AvgIpc) is 2.55. The Kier molecular flexibility index (Phi) is 3.65. The lowest BCUT2D eigenvalue weighted by Gasteiger charge is -2.18. The molecule has 21 heavy (non-hydrogen) atoms. The van der Waals surface area contributed by atoms with E-state index in [0.717, 1.165) is 30.4 Å². The molecular formula is C17H15N3O. The van der Waals surface area contributed by atoms with Gasteiger partial charge in [-0.15, -0.1) is 0 Å². The predicted octanol–water partition coefficient (Wildman–Crippen LogP) is 3.08. The molecule has 1 aliphatic carbocycles. The molecule has 4 heteroatoms. The summed E-state index contributed by atoms with van der Waals surface area (Å²) in [6.07, 6.45) is 5.78. The summed E-state index contributed by atoms with van der Waals surface area (Å²) >= 11 is 0. The zero-order valence-corrected chi connectivity index (χ0v) is 11.6. The molecule has 0 spiro atoms. The summed E-state index contributed by atoms with van der Waals surface area (Å²) in [5.74, 6) is 0.332. The first-order valence-corrected chi connectivity index (χ1v) is 7.06. The Hall–Kier alpha value is -2.67. The van der Waals surface area contributed by atoms with Crippen LogP contribution in [0.2, 0.25) is 0 Å². The van der Waals surface area contributed by atoms with E-state index in [1.54, 1.807) is 12.1 Å². The monoisotopic (exact) mass is 277 g/mol. The largest absolute Gasteiger partial charge is 0.307 e. The standard InChI is InChI=1S/C17H15N3O/c18-10-12-8-9-16(19-11-12)20-17(21)15-7-3-5-13-4-1-2-6-14(13)15/h3,5,7-9,11H,1-2,4,6H2,(H,19,20,21). The number of rotatable bonds is 2. The van der Waals surface area contributed by atoms with Crippen molar-refractivity contribution in [3.8, 4) is 6.07 Å². The number of amides is 1. The maximum Gasteiger partial charge on any atom is 0.257 e. The van der Waals surface area contributed by atoms with Gasteiger partial charge in [0.1, 0.15) is 11.9 Å². The lowest BCUT2D eigenvalue weighted by atomic mass is 9.88. The van der Waals surface area contributed by atoms with Crippen LogP contribution in [-0.2, 0) is 12.8 Å². The smallest absolute Gasteiger partial charge is 0.257 e. The van der Waals surface area contributed by atoms with Crippen molar-refractivity contribution in [1.29, 1.82) is 5.26 Å². The van der Waals surface area contributed by atoms with Crippen LogP contribution < -0.4 is 5.32 Å². The summed E-state index contributed by atoms with van der Waals surface area (Å²) in [6.45, 7) is 0. The molecule has 104 valence electrons. The molecule has 1 aromatic heterocycles. The molecule has 1 heterocycles. The molecule has 0 saturated heterocycles. The molecule has 1 aromatic carbocycles. The van der Waals surface area contributed by atoms with E-state index in [1.807, 2.05) is 18.2 Å². The molecule has 1 aliphatic rings. The second-order valence-corrected chi connectivity index (χ2v) is 5.15. The van der Waals surface area contributed by atoms with Gasteiger partial charge in [0.15, 0.2) is 0 Å². The van der Waals surface area contributed by atoms with E-state index in [4.69, 9.17) is 5.26 Å². The minimum Gasteiger partial charge on any atom is -0.307 e. The number of benzene rings is 1. The van der Waals surface area contributed by atoms with Gasteiger partial charge in [0.2, 0.25) is 0 Å². The molecule has 0 bridgehead atoms. The topological polar surface area (TPSA) is 65.8 Å². The van der Waals surface area contributed by atoms with Gasteiger partial charge in [-0.1, -0.05) is 12.1 Å². The number of aromatic nitrogens is 1. The number of pyridine rings is 1. The third-order valence-electron chi connectivity index (χ3n) is 3.77. The van der Waals surface area contributed by atoms with Crippen molar-refractivity contribution in [3.05, 3.63) is 58.8 Å². The summed E-state index contributed by atoms with van der Waals surface area (Å²) in [7, 11) is 0. The highest BCUT2D eigenvalue weighted by Gasteiger charge is 2.17. The summed E-state index contributed by atoms with van der Waals surface area (Å²) in [6, 6.07) is 11.2. The molecule has 0 aliphatic heterocycles. The normalized spacial score (nSPS) is 13.1. The van der Waals surface area contributed by atoms with Crippen molar-refractivity contribution in [1.82, 2.24) is 4.98 Å². The number of fused-ring (bicyclic) bond motifs is 1. The fraction of sp³-hybridized carbons (Fsp3) is 0.235. The quantitative estimate of drug-likeness (QED) is 0.917. The van der Waals surface area contributed by atoms with Crippen LogP contribution in [0.5, 0.6) is 0 Å². The highest BCUT2D eigenvalue weighted by molar-refractivity contribution is 6.05. The number of hydrogen-bond acceptors (Lipinski definition) is 3. The number of carbonyl (C=O) groups is 1. The lowest BCUT2D eigenvalue weighted by Crippen LogP contribution is -2.17. The number of hydrogen-bond donors (Lipinski definition) is 1. The molecule has 0 atom stereocenters. The minimum absolute atomic E-state index is 0.133. The molecule has 4 nitrogen and oxygen atoms in total. The van der Waals surface area contributed by atoms with Gasteiger partial charge in [-0.05, 0) is 55.0 Å². The van der Waals surface area contributed by atoms with Gasteiger partial charge in [-0.3, -0.25) is 4.79 Å². The van der Waals surface area contributed by atoms with E-state index in [9.17, 15) is 4.79 Å². The molecule has 0 saturated carbocycles. The van der Waals surface area contributed by atoms with Crippen molar-refractivity contribution >= 4 is 11.7 Å². The maximum atomic E-state index is 12.4. The van der Waals surface area contributed by atoms with Crippen LogP contribution >= 0.6 is 0 Å². The van der Waals surface area contributed by atoms with E-state index in [-0.39, 0.29) is 5.91 Å². The van der Waals surface area contributed by atoms with Crippen LogP contribution in [0.25, 0.3) is 0 Å². The zero-order chi connectivity index (χ0) is 14.7. The fourth-order valence-electron chi connectivity index (χ4n) is 2.71. The second-order valence-electron chi connectivity index (χ2n) is 5.15. The minimum atomic E-state index is -0.133. The van der Waals surface area contributed by atoms with Crippen LogP contribution in [0.15, 0.2) is 36.5 Å². The third kappa shape index (κ3) is 2.77. The number of nitriles is 1. The van der Waals surface area contributed by atoms with E-state index < -0.39 is 0 Å². The van der Waals surface area contributed by atoms with E-state index in [1.165, 1.54) is 18.2 Å². The van der Waals surface area contributed by atoms with Crippen molar-refractivity contribution in [2.75, 3.05) is 5.32 Å². The van der Waals surface area contributed by atoms with E-state index in [2.05, 4.69) is 16.4 Å². The Labute approximate surface area is 123 Å². The molecule has 0 radical (unpaired) electrons. The number of nitrogens with one attached hydrogen (secondary N) is 1. The van der Waals surface area contributed by atoms with Crippen molar-refractivity contribution in [2.45, 2.75) is 25.7 Å². The maximum absolute atomic E-state index is 12.4. The summed E-state index contributed by atoms with van der Waals surface area (Å²) < 4.78 is 0. The molecule has 2 aromatic rings. The molecule has 0 fully saturated rings. The van der Waals surface area contributed by atoms with Crippen molar-refractivity contribution in [3.63, 3.8) is 0 Å². The Balaban J connectivity index is 1.84. The van der Waals surface area contributed by atoms with E-state index in [0.29, 0.717) is 11.4 Å². The number of anilines is 1. The van der Waals surface area contributed by atoms with Crippen LogP contribution in [0.1, 0.15) is 39.9 Å². The van der Waals surface area contributed by atoms with Gasteiger partial charge in [0.25, 0.3) is 5.91 Å². The molecule has 1 N–H and O–H groups in total. The third-order valence-corrected chi connectivity index (χ3v) is 3.77. The number of nitrogens with zero attached hydrogens (tertiary/aromatic N) is 2. The highest BCUT2D eigenvalue weighted by Crippen LogP contribution is 2.25. The Morgan fingerprint density at radius 3 is 2.81 bits per heavy atom. The first kappa shape index (κ1) is 13.3. The van der Waals surface area contributed by atoms with E-state index >= 15 is 0 Å². The highest BCUT2D eigenvalue weighted by atomic mass is 16.1. The van der Waals surface area contributed by atoms with Crippen LogP contribution in [0.4, 0.5) is 5.82 Å². The summed E-state index contributed by atoms with van der Waals surface area (Å²) in [5.41, 5.74) is 3.65. The fourth-order valence-corrected chi connectivity index (χ4v) is 2.71. The van der Waals surface area contributed by atoms with Crippen LogP contribution in [0, 0.1) is 11.3 Å². The lowest BCUT2D eigenvalue weighted by molar-refractivity contribution is 0.102. The first-order chi connectivity index (χ1) is 10.3. The molecule has 3 rings (SSSR count). The number of aryl methyl sites for hydroxylation is 1.